The third-order valence-corrected chi connectivity index (χ3v) is 2.11. The monoisotopic (exact) mass is 226 g/mol. The Hall–Kier alpha value is -1.60. The fraction of sp³-hybridized carbons (Fsp3) is 0.556. The Morgan fingerprint density at radius 1 is 1.56 bits per heavy atom. The number of hydrogen-bond acceptors (Lipinski definition) is 6. The molecule has 7 nitrogen and oxygen atoms in total. The van der Waals surface area contributed by atoms with E-state index in [2.05, 4.69) is 15.3 Å². The lowest BCUT2D eigenvalue weighted by atomic mass is 10.2. The maximum absolute atomic E-state index is 10.4. The molecule has 1 aromatic heterocycles. The van der Waals surface area contributed by atoms with E-state index in [-0.39, 0.29) is 11.7 Å². The smallest absolute Gasteiger partial charge is 0.305 e. The number of nitro groups is 1. The van der Waals surface area contributed by atoms with Crippen molar-refractivity contribution < 1.29 is 9.66 Å². The number of likely N-dealkylation sites (N-methyl/N-ethyl adjacent to an activating group) is 1. The van der Waals surface area contributed by atoms with Gasteiger partial charge in [0.15, 0.2) is 0 Å². The molecule has 1 atom stereocenters. The van der Waals surface area contributed by atoms with E-state index in [1.54, 1.807) is 7.11 Å². The van der Waals surface area contributed by atoms with E-state index in [0.717, 1.165) is 0 Å². The normalized spacial score (nSPS) is 12.4. The number of rotatable bonds is 6. The first-order chi connectivity index (χ1) is 7.67. The number of hydrogen-bond donors (Lipinski definition) is 1. The zero-order chi connectivity index (χ0) is 12.0. The van der Waals surface area contributed by atoms with Gasteiger partial charge in [-0.25, -0.2) is 9.97 Å². The number of methoxy groups -OCH3 is 1. The lowest BCUT2D eigenvalue weighted by Crippen LogP contribution is -2.32. The molecule has 0 aliphatic rings. The summed E-state index contributed by atoms with van der Waals surface area (Å²) >= 11 is 0. The van der Waals surface area contributed by atoms with Crippen molar-refractivity contribution in [2.75, 3.05) is 20.8 Å². The minimum atomic E-state index is -0.519. The van der Waals surface area contributed by atoms with Crippen LogP contribution in [0.2, 0.25) is 0 Å². The zero-order valence-corrected chi connectivity index (χ0v) is 9.21. The van der Waals surface area contributed by atoms with Gasteiger partial charge in [-0.1, -0.05) is 0 Å². The van der Waals surface area contributed by atoms with Crippen LogP contribution < -0.4 is 5.32 Å². The zero-order valence-electron chi connectivity index (χ0n) is 9.21. The number of nitrogens with one attached hydrogen (secondary N) is 1. The van der Waals surface area contributed by atoms with Gasteiger partial charge in [0.2, 0.25) is 0 Å². The SMILES string of the molecule is CNC(COC)Cc1ncc([N+](=O)[O-])cn1. The van der Waals surface area contributed by atoms with Crippen LogP contribution in [0.15, 0.2) is 12.4 Å². The molecule has 88 valence electrons. The third kappa shape index (κ3) is 3.52. The molecule has 0 radical (unpaired) electrons. The summed E-state index contributed by atoms with van der Waals surface area (Å²) in [6.07, 6.45) is 2.99. The molecular formula is C9H14N4O3. The molecule has 0 spiro atoms. The molecule has 1 N–H and O–H groups in total. The summed E-state index contributed by atoms with van der Waals surface area (Å²) in [5.41, 5.74) is -0.100. The third-order valence-electron chi connectivity index (χ3n) is 2.11. The quantitative estimate of drug-likeness (QED) is 0.549. The Bertz CT molecular complexity index is 341. The highest BCUT2D eigenvalue weighted by Crippen LogP contribution is 2.06. The van der Waals surface area contributed by atoms with Gasteiger partial charge in [-0.15, -0.1) is 0 Å². The highest BCUT2D eigenvalue weighted by Gasteiger charge is 2.11. The van der Waals surface area contributed by atoms with E-state index in [9.17, 15) is 10.1 Å². The van der Waals surface area contributed by atoms with Gasteiger partial charge in [-0.05, 0) is 7.05 Å². The van der Waals surface area contributed by atoms with Crippen LogP contribution in [0, 0.1) is 10.1 Å². The molecule has 0 bridgehead atoms. The molecule has 0 aliphatic carbocycles. The lowest BCUT2D eigenvalue weighted by molar-refractivity contribution is -0.385. The maximum Gasteiger partial charge on any atom is 0.305 e. The summed E-state index contributed by atoms with van der Waals surface area (Å²) in [7, 11) is 3.43. The van der Waals surface area contributed by atoms with Crippen LogP contribution in [0.1, 0.15) is 5.82 Å². The summed E-state index contributed by atoms with van der Waals surface area (Å²) in [6.45, 7) is 0.539. The van der Waals surface area contributed by atoms with E-state index >= 15 is 0 Å². The standard InChI is InChI=1S/C9H14N4O3/c1-10-7(6-16-2)3-9-11-4-8(5-12-9)13(14)15/h4-5,7,10H,3,6H2,1-2H3. The molecule has 0 amide bonds. The predicted octanol–water partition coefficient (Wildman–Crippen LogP) is 0.162. The van der Waals surface area contributed by atoms with Crippen molar-refractivity contribution in [3.8, 4) is 0 Å². The molecule has 0 aliphatic heterocycles. The number of aromatic nitrogens is 2. The molecule has 16 heavy (non-hydrogen) atoms. The van der Waals surface area contributed by atoms with E-state index in [4.69, 9.17) is 4.74 Å². The highest BCUT2D eigenvalue weighted by molar-refractivity contribution is 5.20. The Kier molecular flexibility index (Phi) is 4.74. The second-order valence-electron chi connectivity index (χ2n) is 3.26. The van der Waals surface area contributed by atoms with Gasteiger partial charge >= 0.3 is 5.69 Å². The van der Waals surface area contributed by atoms with Crippen LogP contribution in [-0.4, -0.2) is 41.7 Å². The largest absolute Gasteiger partial charge is 0.383 e. The lowest BCUT2D eigenvalue weighted by Gasteiger charge is -2.13. The molecule has 1 heterocycles. The maximum atomic E-state index is 10.4. The van der Waals surface area contributed by atoms with Crippen LogP contribution in [0.5, 0.6) is 0 Å². The Morgan fingerprint density at radius 3 is 2.62 bits per heavy atom. The minimum Gasteiger partial charge on any atom is -0.383 e. The summed E-state index contributed by atoms with van der Waals surface area (Å²) in [5.74, 6) is 0.557. The minimum absolute atomic E-state index is 0.100. The average Bonchev–Trinajstić information content (AvgIpc) is 2.29. The fourth-order valence-corrected chi connectivity index (χ4v) is 1.21. The van der Waals surface area contributed by atoms with Gasteiger partial charge in [0, 0.05) is 19.6 Å². The first-order valence-corrected chi connectivity index (χ1v) is 4.79. The number of ether oxygens (including phenoxy) is 1. The van der Waals surface area contributed by atoms with Crippen molar-refractivity contribution in [2.45, 2.75) is 12.5 Å². The molecule has 0 aromatic carbocycles. The van der Waals surface area contributed by atoms with Crippen LogP contribution >= 0.6 is 0 Å². The summed E-state index contributed by atoms with van der Waals surface area (Å²) < 4.78 is 5.00. The molecule has 1 rings (SSSR count). The first-order valence-electron chi connectivity index (χ1n) is 4.79. The van der Waals surface area contributed by atoms with Crippen molar-refractivity contribution in [3.05, 3.63) is 28.3 Å². The summed E-state index contributed by atoms with van der Waals surface area (Å²) in [4.78, 5) is 17.7. The summed E-state index contributed by atoms with van der Waals surface area (Å²) in [6, 6.07) is 0.103. The molecule has 0 saturated carbocycles. The van der Waals surface area contributed by atoms with Crippen molar-refractivity contribution in [1.29, 1.82) is 0 Å². The Labute approximate surface area is 93.0 Å². The van der Waals surface area contributed by atoms with E-state index in [1.807, 2.05) is 7.05 Å². The fourth-order valence-electron chi connectivity index (χ4n) is 1.21. The van der Waals surface area contributed by atoms with E-state index < -0.39 is 4.92 Å². The van der Waals surface area contributed by atoms with Crippen molar-refractivity contribution in [1.82, 2.24) is 15.3 Å². The average molecular weight is 226 g/mol. The first kappa shape index (κ1) is 12.5. The van der Waals surface area contributed by atoms with E-state index in [1.165, 1.54) is 12.4 Å². The van der Waals surface area contributed by atoms with Crippen molar-refractivity contribution in [3.63, 3.8) is 0 Å². The van der Waals surface area contributed by atoms with Gasteiger partial charge in [0.05, 0.1) is 11.5 Å². The van der Waals surface area contributed by atoms with Gasteiger partial charge in [-0.3, -0.25) is 10.1 Å². The molecule has 0 saturated heterocycles. The Morgan fingerprint density at radius 2 is 2.19 bits per heavy atom. The molecule has 1 unspecified atom stereocenters. The number of nitrogens with zero attached hydrogens (tertiary/aromatic N) is 3. The van der Waals surface area contributed by atoms with Crippen LogP contribution in [0.25, 0.3) is 0 Å². The van der Waals surface area contributed by atoms with Gasteiger partial charge in [0.1, 0.15) is 18.2 Å². The molecule has 7 heteroatoms. The van der Waals surface area contributed by atoms with Gasteiger partial charge in [0.25, 0.3) is 0 Å². The van der Waals surface area contributed by atoms with Crippen molar-refractivity contribution >= 4 is 5.69 Å². The topological polar surface area (TPSA) is 90.2 Å². The van der Waals surface area contributed by atoms with Crippen molar-refractivity contribution in [2.24, 2.45) is 0 Å². The highest BCUT2D eigenvalue weighted by atomic mass is 16.6. The van der Waals surface area contributed by atoms with Crippen LogP contribution in [-0.2, 0) is 11.2 Å². The van der Waals surface area contributed by atoms with Crippen LogP contribution in [0.3, 0.4) is 0 Å². The molecule has 1 aromatic rings. The van der Waals surface area contributed by atoms with Gasteiger partial charge < -0.3 is 10.1 Å². The Balaban J connectivity index is 2.63. The second kappa shape index (κ2) is 6.09. The second-order valence-corrected chi connectivity index (χ2v) is 3.26. The molecular weight excluding hydrogens is 212 g/mol. The van der Waals surface area contributed by atoms with Gasteiger partial charge in [-0.2, -0.15) is 0 Å². The van der Waals surface area contributed by atoms with Crippen LogP contribution in [0.4, 0.5) is 5.69 Å². The molecule has 0 fully saturated rings. The van der Waals surface area contributed by atoms with E-state index in [0.29, 0.717) is 18.9 Å². The predicted molar refractivity (Wildman–Crippen MR) is 57.1 cm³/mol. The summed E-state index contributed by atoms with van der Waals surface area (Å²) in [5, 5.41) is 13.4.